The zero-order chi connectivity index (χ0) is 16.8. The maximum Gasteiger partial charge on any atom is 0.240 e. The molecule has 0 aromatic carbocycles. The number of aromatic nitrogens is 1. The zero-order valence-corrected chi connectivity index (χ0v) is 18.0. The molecule has 7 nitrogen and oxygen atoms in total. The average molecular weight is 456 g/mol. The van der Waals surface area contributed by atoms with Crippen molar-refractivity contribution in [2.45, 2.75) is 18.5 Å². The van der Waals surface area contributed by atoms with E-state index in [1.54, 1.807) is 18.3 Å². The molecule has 2 fully saturated rings. The normalized spacial score (nSPS) is 20.6. The third-order valence-electron chi connectivity index (χ3n) is 4.25. The van der Waals surface area contributed by atoms with Gasteiger partial charge in [-0.05, 0) is 18.6 Å². The van der Waals surface area contributed by atoms with Crippen molar-refractivity contribution in [1.29, 1.82) is 5.26 Å². The van der Waals surface area contributed by atoms with Crippen molar-refractivity contribution >= 4 is 60.7 Å². The van der Waals surface area contributed by atoms with Gasteiger partial charge in [0.15, 0.2) is 0 Å². The summed E-state index contributed by atoms with van der Waals surface area (Å²) in [5.41, 5.74) is 0.558. The molecule has 0 spiro atoms. The van der Waals surface area contributed by atoms with Crippen LogP contribution in [0.5, 0.6) is 0 Å². The average Bonchev–Trinajstić information content (AvgIpc) is 3.30. The van der Waals surface area contributed by atoms with Crippen molar-refractivity contribution in [2.75, 3.05) is 43.1 Å². The summed E-state index contributed by atoms with van der Waals surface area (Å²) in [7, 11) is 0. The lowest BCUT2D eigenvalue weighted by molar-refractivity contribution is -0.131. The lowest BCUT2D eigenvalue weighted by atomic mass is 10.1. The Morgan fingerprint density at radius 3 is 2.81 bits per heavy atom. The maximum atomic E-state index is 12.3. The van der Waals surface area contributed by atoms with Crippen LogP contribution in [0.3, 0.4) is 0 Å². The van der Waals surface area contributed by atoms with E-state index >= 15 is 0 Å². The van der Waals surface area contributed by atoms with Gasteiger partial charge in [-0.15, -0.1) is 49.0 Å². The molecule has 3 rings (SSSR count). The van der Waals surface area contributed by atoms with Gasteiger partial charge in [-0.3, -0.25) is 4.79 Å². The van der Waals surface area contributed by atoms with Crippen LogP contribution in [0.15, 0.2) is 18.3 Å². The first-order chi connectivity index (χ1) is 11.8. The van der Waals surface area contributed by atoms with Crippen molar-refractivity contribution in [3.05, 3.63) is 23.9 Å². The Morgan fingerprint density at radius 1 is 1.37 bits per heavy atom. The van der Waals surface area contributed by atoms with E-state index in [4.69, 9.17) is 5.26 Å². The molecule has 0 aliphatic carbocycles. The Balaban J connectivity index is 0.00000225. The molecule has 3 heterocycles. The first-order valence-electron chi connectivity index (χ1n) is 8.19. The van der Waals surface area contributed by atoms with Gasteiger partial charge in [0.1, 0.15) is 11.9 Å². The second-order valence-electron chi connectivity index (χ2n) is 5.96. The summed E-state index contributed by atoms with van der Waals surface area (Å²) in [6.07, 6.45) is 2.40. The number of nitrogens with zero attached hydrogens (tertiary/aromatic N) is 3. The Hall–Kier alpha value is -0.950. The smallest absolute Gasteiger partial charge is 0.240 e. The Kier molecular flexibility index (Phi) is 12.8. The number of hydrogen-bond donors (Lipinski definition) is 3. The third-order valence-corrected chi connectivity index (χ3v) is 5.22. The third kappa shape index (κ3) is 7.53. The molecule has 11 heteroatoms. The van der Waals surface area contributed by atoms with E-state index in [0.717, 1.165) is 50.0 Å². The second-order valence-corrected chi connectivity index (χ2v) is 7.03. The molecule has 2 saturated heterocycles. The molecule has 1 aromatic heterocycles. The number of nitriles is 1. The summed E-state index contributed by atoms with van der Waals surface area (Å²) >= 11 is 1.82. The van der Waals surface area contributed by atoms with E-state index < -0.39 is 0 Å². The van der Waals surface area contributed by atoms with Gasteiger partial charge in [0.25, 0.3) is 0 Å². The summed E-state index contributed by atoms with van der Waals surface area (Å²) in [6.45, 7) is 3.25. The lowest BCUT2D eigenvalue weighted by Crippen LogP contribution is -2.42. The first-order valence-corrected chi connectivity index (χ1v) is 9.35. The van der Waals surface area contributed by atoms with Gasteiger partial charge in [-0.25, -0.2) is 4.98 Å². The molecule has 0 unspecified atom stereocenters. The fraction of sp³-hybridized carbons (Fsp3) is 0.562. The van der Waals surface area contributed by atoms with Crippen molar-refractivity contribution < 1.29 is 4.79 Å². The minimum absolute atomic E-state index is 0. The van der Waals surface area contributed by atoms with E-state index in [9.17, 15) is 4.79 Å². The summed E-state index contributed by atoms with van der Waals surface area (Å²) in [4.78, 5) is 18.5. The molecule has 2 atom stereocenters. The number of anilines is 1. The van der Waals surface area contributed by atoms with Crippen molar-refractivity contribution in [3.8, 4) is 6.07 Å². The number of carbonyl (C=O) groups is 1. The van der Waals surface area contributed by atoms with Crippen LogP contribution in [-0.4, -0.2) is 65.7 Å². The molecule has 27 heavy (non-hydrogen) atoms. The van der Waals surface area contributed by atoms with E-state index in [-0.39, 0.29) is 49.2 Å². The summed E-state index contributed by atoms with van der Waals surface area (Å²) in [6, 6.07) is 5.88. The highest BCUT2D eigenvalue weighted by molar-refractivity contribution is 7.99. The van der Waals surface area contributed by atoms with Gasteiger partial charge in [0.2, 0.25) is 5.91 Å². The topological polar surface area (TPSA) is 93.1 Å². The Morgan fingerprint density at radius 2 is 2.19 bits per heavy atom. The Bertz CT molecular complexity index is 609. The molecule has 2 aliphatic rings. The fourth-order valence-electron chi connectivity index (χ4n) is 2.92. The number of halogens is 3. The molecule has 0 bridgehead atoms. The standard InChI is InChI=1S/C16H22N6OS.3ClH/c17-8-12-1-2-15(21-9-12)19-4-3-18-13-7-14(20-10-13)16(23)22-5-6-24-11-22;;;/h1-2,9,13-14,18,20H,3-7,10-11H2,(H,19,21);3*1H/t13-,14-;;;/m0.../s1. The molecular weight excluding hydrogens is 431 g/mol. The summed E-state index contributed by atoms with van der Waals surface area (Å²) in [5.74, 6) is 2.88. The molecular formula is C16H25Cl3N6OS. The van der Waals surface area contributed by atoms with Crippen LogP contribution in [0.2, 0.25) is 0 Å². The highest BCUT2D eigenvalue weighted by Crippen LogP contribution is 2.17. The van der Waals surface area contributed by atoms with Crippen LogP contribution in [-0.2, 0) is 4.79 Å². The quantitative estimate of drug-likeness (QED) is 0.559. The van der Waals surface area contributed by atoms with Gasteiger partial charge in [-0.1, -0.05) is 0 Å². The number of thioether (sulfide) groups is 1. The van der Waals surface area contributed by atoms with Crippen molar-refractivity contribution in [1.82, 2.24) is 20.5 Å². The SMILES string of the molecule is Cl.Cl.Cl.N#Cc1ccc(NCCN[C@@H]2CN[C@H](C(=O)N3CCSC3)C2)nc1. The van der Waals surface area contributed by atoms with Gasteiger partial charge in [0, 0.05) is 44.2 Å². The monoisotopic (exact) mass is 454 g/mol. The minimum Gasteiger partial charge on any atom is -0.369 e. The molecule has 0 saturated carbocycles. The predicted molar refractivity (Wildman–Crippen MR) is 116 cm³/mol. The molecule has 1 aromatic rings. The predicted octanol–water partition coefficient (Wildman–Crippen LogP) is 1.48. The van der Waals surface area contributed by atoms with E-state index in [0.29, 0.717) is 11.6 Å². The van der Waals surface area contributed by atoms with Crippen molar-refractivity contribution in [3.63, 3.8) is 0 Å². The second kappa shape index (κ2) is 13.3. The fourth-order valence-corrected chi connectivity index (χ4v) is 3.87. The first kappa shape index (κ1) is 26.1. The van der Waals surface area contributed by atoms with Crippen LogP contribution < -0.4 is 16.0 Å². The van der Waals surface area contributed by atoms with Gasteiger partial charge >= 0.3 is 0 Å². The number of nitrogens with one attached hydrogen (secondary N) is 3. The van der Waals surface area contributed by atoms with Gasteiger partial charge in [0.05, 0.1) is 17.5 Å². The molecule has 0 radical (unpaired) electrons. The van der Waals surface area contributed by atoms with Crippen LogP contribution in [0.4, 0.5) is 5.82 Å². The van der Waals surface area contributed by atoms with Crippen LogP contribution in [0, 0.1) is 11.3 Å². The number of carbonyl (C=O) groups excluding carboxylic acids is 1. The molecule has 152 valence electrons. The number of hydrogen-bond acceptors (Lipinski definition) is 7. The zero-order valence-electron chi connectivity index (χ0n) is 14.7. The van der Waals surface area contributed by atoms with Gasteiger partial charge < -0.3 is 20.9 Å². The molecule has 2 aliphatic heterocycles. The number of amides is 1. The van der Waals surface area contributed by atoms with E-state index in [1.165, 1.54) is 0 Å². The largest absolute Gasteiger partial charge is 0.369 e. The highest BCUT2D eigenvalue weighted by atomic mass is 35.5. The van der Waals surface area contributed by atoms with Gasteiger partial charge in [-0.2, -0.15) is 5.26 Å². The van der Waals surface area contributed by atoms with Crippen molar-refractivity contribution in [2.24, 2.45) is 0 Å². The van der Waals surface area contributed by atoms with Crippen LogP contribution in [0.25, 0.3) is 0 Å². The molecule has 1 amide bonds. The number of pyridine rings is 1. The molecule has 3 N–H and O–H groups in total. The number of rotatable bonds is 6. The van der Waals surface area contributed by atoms with Crippen LogP contribution in [0.1, 0.15) is 12.0 Å². The maximum absolute atomic E-state index is 12.3. The summed E-state index contributed by atoms with van der Waals surface area (Å²) in [5, 5.41) is 18.8. The highest BCUT2D eigenvalue weighted by Gasteiger charge is 2.32. The van der Waals surface area contributed by atoms with Crippen LogP contribution >= 0.6 is 49.0 Å². The lowest BCUT2D eigenvalue weighted by Gasteiger charge is -2.19. The van der Waals surface area contributed by atoms with E-state index in [2.05, 4.69) is 27.0 Å². The Labute approximate surface area is 182 Å². The summed E-state index contributed by atoms with van der Waals surface area (Å²) < 4.78 is 0. The van der Waals surface area contributed by atoms with E-state index in [1.807, 2.05) is 16.7 Å². The minimum atomic E-state index is -0.0469.